The molecule has 0 amide bonds. The molecule has 5 N–H and O–H groups in total. The minimum absolute atomic E-state index is 0.143. The molecular formula is C14H18N4O3. The molecule has 0 radical (unpaired) electrons. The van der Waals surface area contributed by atoms with Crippen molar-refractivity contribution >= 4 is 17.6 Å². The molecule has 2 aliphatic heterocycles. The molecule has 21 heavy (non-hydrogen) atoms. The van der Waals surface area contributed by atoms with Crippen molar-refractivity contribution in [3.05, 3.63) is 16.6 Å². The van der Waals surface area contributed by atoms with Gasteiger partial charge in [0.25, 0.3) is 0 Å². The van der Waals surface area contributed by atoms with Crippen molar-refractivity contribution < 1.29 is 14.9 Å². The SMILES string of the molecule is C[C@H]1[C@@H](O)[C@H](C2=c3[nH]c(N)cc3=CN(C#N)C2)O[C@@H]1CO. The van der Waals surface area contributed by atoms with Crippen LogP contribution in [-0.4, -0.2) is 51.6 Å². The average Bonchev–Trinajstić information content (AvgIpc) is 2.98. The van der Waals surface area contributed by atoms with Crippen molar-refractivity contribution in [2.45, 2.75) is 25.2 Å². The highest BCUT2D eigenvalue weighted by molar-refractivity contribution is 5.58. The van der Waals surface area contributed by atoms with Crippen LogP contribution in [0.25, 0.3) is 11.8 Å². The van der Waals surface area contributed by atoms with Crippen molar-refractivity contribution in [2.75, 3.05) is 18.9 Å². The Morgan fingerprint density at radius 2 is 2.38 bits per heavy atom. The standard InChI is InChI=1S/C14H18N4O3/c1-7-10(5-19)21-14(13(7)20)9-4-18(6-15)3-8-2-11(16)17-12(8)9/h2-3,7,10,13-14,17,19-20H,4-5,16H2,1H3/t7-,10-,13-,14+/m1/s1. The number of H-pyrrole nitrogens is 1. The van der Waals surface area contributed by atoms with Gasteiger partial charge < -0.3 is 25.7 Å². The monoisotopic (exact) mass is 290 g/mol. The lowest BCUT2D eigenvalue weighted by Crippen LogP contribution is -2.42. The van der Waals surface area contributed by atoms with Gasteiger partial charge in [0.05, 0.1) is 30.7 Å². The van der Waals surface area contributed by atoms with Crippen molar-refractivity contribution in [1.29, 1.82) is 5.26 Å². The maximum Gasteiger partial charge on any atom is 0.184 e. The summed E-state index contributed by atoms with van der Waals surface area (Å²) in [6.45, 7) is 2.03. The van der Waals surface area contributed by atoms with Crippen molar-refractivity contribution in [3.63, 3.8) is 0 Å². The van der Waals surface area contributed by atoms with E-state index in [0.29, 0.717) is 12.4 Å². The number of rotatable bonds is 2. The van der Waals surface area contributed by atoms with E-state index in [1.165, 1.54) is 4.90 Å². The van der Waals surface area contributed by atoms with E-state index in [1.54, 1.807) is 12.3 Å². The zero-order valence-electron chi connectivity index (χ0n) is 11.7. The molecule has 1 aromatic heterocycles. The Balaban J connectivity index is 2.10. The van der Waals surface area contributed by atoms with Crippen LogP contribution < -0.4 is 16.3 Å². The lowest BCUT2D eigenvalue weighted by Gasteiger charge is -2.23. The fraction of sp³-hybridized carbons (Fsp3) is 0.500. The van der Waals surface area contributed by atoms with E-state index >= 15 is 0 Å². The van der Waals surface area contributed by atoms with Gasteiger partial charge in [0.15, 0.2) is 6.19 Å². The smallest absolute Gasteiger partial charge is 0.184 e. The number of aliphatic hydroxyl groups is 2. The largest absolute Gasteiger partial charge is 0.394 e. The van der Waals surface area contributed by atoms with E-state index in [2.05, 4.69) is 11.2 Å². The van der Waals surface area contributed by atoms with Gasteiger partial charge in [0.2, 0.25) is 0 Å². The number of nitrogens with two attached hydrogens (primary N) is 1. The van der Waals surface area contributed by atoms with Crippen molar-refractivity contribution in [1.82, 2.24) is 9.88 Å². The third kappa shape index (κ3) is 2.17. The molecular weight excluding hydrogens is 272 g/mol. The number of nitrogen functional groups attached to an aromatic ring is 1. The molecule has 1 aromatic rings. The second-order valence-electron chi connectivity index (χ2n) is 5.56. The maximum absolute atomic E-state index is 10.4. The first kappa shape index (κ1) is 13.9. The number of nitrogens with one attached hydrogen (secondary N) is 1. The summed E-state index contributed by atoms with van der Waals surface area (Å²) in [7, 11) is 0. The van der Waals surface area contributed by atoms with Crippen molar-refractivity contribution in [3.8, 4) is 6.19 Å². The second kappa shape index (κ2) is 5.07. The van der Waals surface area contributed by atoms with Crippen LogP contribution in [0.4, 0.5) is 5.82 Å². The average molecular weight is 290 g/mol. The number of nitrogens with zero attached hydrogens (tertiary/aromatic N) is 2. The number of hydrogen-bond donors (Lipinski definition) is 4. The van der Waals surface area contributed by atoms with Crippen LogP contribution in [0.1, 0.15) is 6.92 Å². The number of hydrogen-bond acceptors (Lipinski definition) is 6. The second-order valence-corrected chi connectivity index (χ2v) is 5.56. The van der Waals surface area contributed by atoms with Gasteiger partial charge in [0.1, 0.15) is 11.9 Å². The number of anilines is 1. The van der Waals surface area contributed by atoms with Crippen LogP contribution in [0.15, 0.2) is 6.07 Å². The predicted molar refractivity (Wildman–Crippen MR) is 75.6 cm³/mol. The molecule has 3 rings (SSSR count). The molecule has 0 aliphatic carbocycles. The molecule has 0 unspecified atom stereocenters. The highest BCUT2D eigenvalue weighted by Gasteiger charge is 2.43. The summed E-state index contributed by atoms with van der Waals surface area (Å²) < 4.78 is 5.79. The van der Waals surface area contributed by atoms with Gasteiger partial charge in [-0.05, 0) is 6.07 Å². The molecule has 1 saturated heterocycles. The number of aromatic amines is 1. The van der Waals surface area contributed by atoms with E-state index in [0.717, 1.165) is 16.1 Å². The first-order chi connectivity index (χ1) is 10.0. The molecule has 7 heteroatoms. The van der Waals surface area contributed by atoms with E-state index in [4.69, 9.17) is 15.7 Å². The normalized spacial score (nSPS) is 31.7. The number of aromatic nitrogens is 1. The summed E-state index contributed by atoms with van der Waals surface area (Å²) in [5.41, 5.74) is 6.57. The van der Waals surface area contributed by atoms with Crippen molar-refractivity contribution in [2.24, 2.45) is 5.92 Å². The Kier molecular flexibility index (Phi) is 3.37. The summed E-state index contributed by atoms with van der Waals surface area (Å²) in [6.07, 6.45) is 2.09. The molecule has 112 valence electrons. The highest BCUT2D eigenvalue weighted by Crippen LogP contribution is 2.31. The minimum Gasteiger partial charge on any atom is -0.394 e. The Hall–Kier alpha value is -2.01. The van der Waals surface area contributed by atoms with Crippen LogP contribution in [0.2, 0.25) is 0 Å². The summed E-state index contributed by atoms with van der Waals surface area (Å²) in [4.78, 5) is 4.53. The number of aliphatic hydroxyl groups excluding tert-OH is 2. The maximum atomic E-state index is 10.4. The van der Waals surface area contributed by atoms with Crippen LogP contribution in [0.5, 0.6) is 0 Å². The van der Waals surface area contributed by atoms with Gasteiger partial charge in [-0.1, -0.05) is 6.92 Å². The van der Waals surface area contributed by atoms with E-state index in [-0.39, 0.29) is 12.5 Å². The summed E-state index contributed by atoms with van der Waals surface area (Å²) in [6, 6.07) is 1.74. The summed E-state index contributed by atoms with van der Waals surface area (Å²) in [5, 5.41) is 30.4. The Labute approximate surface area is 121 Å². The quantitative estimate of drug-likeness (QED) is 0.470. The Morgan fingerprint density at radius 3 is 3.00 bits per heavy atom. The zero-order valence-corrected chi connectivity index (χ0v) is 11.7. The number of ether oxygens (including phenoxy) is 1. The molecule has 0 spiro atoms. The third-order valence-corrected chi connectivity index (χ3v) is 4.23. The van der Waals surface area contributed by atoms with Crippen LogP contribution in [0.3, 0.4) is 0 Å². The molecule has 0 bridgehead atoms. The predicted octanol–water partition coefficient (Wildman–Crippen LogP) is -1.96. The fourth-order valence-corrected chi connectivity index (χ4v) is 3.02. The van der Waals surface area contributed by atoms with Gasteiger partial charge in [-0.15, -0.1) is 0 Å². The van der Waals surface area contributed by atoms with Crippen LogP contribution >= 0.6 is 0 Å². The fourth-order valence-electron chi connectivity index (χ4n) is 3.02. The molecule has 7 nitrogen and oxygen atoms in total. The van der Waals surface area contributed by atoms with Gasteiger partial charge >= 0.3 is 0 Å². The molecule has 2 aliphatic rings. The zero-order chi connectivity index (χ0) is 15.1. The van der Waals surface area contributed by atoms with Gasteiger partial charge in [0, 0.05) is 22.9 Å². The Bertz CT molecular complexity index is 705. The minimum atomic E-state index is -0.729. The van der Waals surface area contributed by atoms with E-state index in [1.807, 2.05) is 6.92 Å². The van der Waals surface area contributed by atoms with E-state index in [9.17, 15) is 10.2 Å². The highest BCUT2D eigenvalue weighted by atomic mass is 16.5. The molecule has 1 fully saturated rings. The van der Waals surface area contributed by atoms with E-state index < -0.39 is 18.3 Å². The lowest BCUT2D eigenvalue weighted by atomic mass is 9.94. The first-order valence-corrected chi connectivity index (χ1v) is 6.85. The van der Waals surface area contributed by atoms with Crippen LogP contribution in [0, 0.1) is 17.4 Å². The van der Waals surface area contributed by atoms with Gasteiger partial charge in [-0.3, -0.25) is 4.90 Å². The van der Waals surface area contributed by atoms with Gasteiger partial charge in [-0.2, -0.15) is 5.26 Å². The summed E-state index contributed by atoms with van der Waals surface area (Å²) >= 11 is 0. The summed E-state index contributed by atoms with van der Waals surface area (Å²) in [5.74, 6) is 0.317. The molecule has 3 heterocycles. The Morgan fingerprint density at radius 1 is 1.62 bits per heavy atom. The number of fused-ring (bicyclic) bond motifs is 1. The first-order valence-electron chi connectivity index (χ1n) is 6.85. The third-order valence-electron chi connectivity index (χ3n) is 4.23. The molecule has 0 saturated carbocycles. The lowest BCUT2D eigenvalue weighted by molar-refractivity contribution is 0.0138. The van der Waals surface area contributed by atoms with Gasteiger partial charge in [-0.25, -0.2) is 0 Å². The topological polar surface area (TPSA) is 119 Å². The molecule has 0 aromatic carbocycles. The molecule has 4 atom stereocenters. The number of nitriles is 1. The van der Waals surface area contributed by atoms with Crippen LogP contribution in [-0.2, 0) is 4.74 Å².